The van der Waals surface area contributed by atoms with Gasteiger partial charge in [0, 0.05) is 19.3 Å². The van der Waals surface area contributed by atoms with Crippen LogP contribution in [0.25, 0.3) is 5.76 Å². The SMILES string of the molecule is CCN(C(=O)C1=C(O)c2c(Cl)cccc2N(C)C1O)c1ccccc1. The Balaban J connectivity index is 2.13. The van der Waals surface area contributed by atoms with Gasteiger partial charge in [-0.3, -0.25) is 4.79 Å². The standard InChI is InChI=1S/C19H19ClN2O3/c1-3-22(12-8-5-4-6-9-12)19(25)16-17(23)15-13(20)10-7-11-14(15)21(2)18(16)24/h4-11,18,23-24H,3H2,1-2H3. The predicted molar refractivity (Wildman–Crippen MR) is 99.9 cm³/mol. The molecule has 3 rings (SSSR count). The van der Waals surface area contributed by atoms with E-state index in [4.69, 9.17) is 11.6 Å². The number of likely N-dealkylation sites (N-methyl/N-ethyl adjacent to an activating group) is 2. The van der Waals surface area contributed by atoms with Gasteiger partial charge in [-0.25, -0.2) is 0 Å². The van der Waals surface area contributed by atoms with Gasteiger partial charge in [0.25, 0.3) is 5.91 Å². The number of aliphatic hydroxyl groups excluding tert-OH is 2. The number of aliphatic hydroxyl groups is 2. The number of hydrogen-bond acceptors (Lipinski definition) is 4. The maximum Gasteiger partial charge on any atom is 0.262 e. The molecule has 0 saturated heterocycles. The third-order valence-corrected chi connectivity index (χ3v) is 4.66. The number of rotatable bonds is 3. The fourth-order valence-corrected chi connectivity index (χ4v) is 3.29. The molecule has 0 fully saturated rings. The molecule has 1 heterocycles. The van der Waals surface area contributed by atoms with Crippen LogP contribution < -0.4 is 9.80 Å². The summed E-state index contributed by atoms with van der Waals surface area (Å²) in [6, 6.07) is 14.2. The van der Waals surface area contributed by atoms with Gasteiger partial charge in [-0.05, 0) is 31.2 Å². The van der Waals surface area contributed by atoms with Crippen molar-refractivity contribution in [3.05, 3.63) is 64.7 Å². The molecule has 5 nitrogen and oxygen atoms in total. The van der Waals surface area contributed by atoms with E-state index in [-0.39, 0.29) is 11.3 Å². The van der Waals surface area contributed by atoms with Crippen LogP contribution in [0.3, 0.4) is 0 Å². The van der Waals surface area contributed by atoms with Gasteiger partial charge in [-0.2, -0.15) is 0 Å². The van der Waals surface area contributed by atoms with Crippen LogP contribution in [0.4, 0.5) is 11.4 Å². The summed E-state index contributed by atoms with van der Waals surface area (Å²) in [5.41, 5.74) is 1.52. The van der Waals surface area contributed by atoms with E-state index in [9.17, 15) is 15.0 Å². The fraction of sp³-hybridized carbons (Fsp3) is 0.211. The van der Waals surface area contributed by atoms with Gasteiger partial charge >= 0.3 is 0 Å². The number of carbonyl (C=O) groups is 1. The Morgan fingerprint density at radius 2 is 1.88 bits per heavy atom. The third kappa shape index (κ3) is 2.86. The first kappa shape index (κ1) is 17.3. The second-order valence-electron chi connectivity index (χ2n) is 5.77. The Kier molecular flexibility index (Phi) is 4.70. The van der Waals surface area contributed by atoms with E-state index < -0.39 is 12.1 Å². The summed E-state index contributed by atoms with van der Waals surface area (Å²) >= 11 is 6.22. The van der Waals surface area contributed by atoms with Crippen LogP contribution in [0, 0.1) is 0 Å². The topological polar surface area (TPSA) is 64.0 Å². The molecule has 0 spiro atoms. The van der Waals surface area contributed by atoms with Crippen molar-refractivity contribution in [3.8, 4) is 0 Å². The fourth-order valence-electron chi connectivity index (χ4n) is 3.03. The maximum atomic E-state index is 13.1. The lowest BCUT2D eigenvalue weighted by Crippen LogP contribution is -2.44. The molecule has 1 unspecified atom stereocenters. The number of anilines is 2. The number of halogens is 1. The average Bonchev–Trinajstić information content (AvgIpc) is 2.61. The van der Waals surface area contributed by atoms with Crippen molar-refractivity contribution in [2.75, 3.05) is 23.4 Å². The Morgan fingerprint density at radius 1 is 1.20 bits per heavy atom. The molecule has 1 aliphatic rings. The van der Waals surface area contributed by atoms with E-state index in [0.717, 1.165) is 0 Å². The summed E-state index contributed by atoms with van der Waals surface area (Å²) < 4.78 is 0. The zero-order valence-corrected chi connectivity index (χ0v) is 14.7. The van der Waals surface area contributed by atoms with E-state index in [2.05, 4.69) is 0 Å². The lowest BCUT2D eigenvalue weighted by molar-refractivity contribution is -0.116. The molecule has 0 radical (unpaired) electrons. The highest BCUT2D eigenvalue weighted by Gasteiger charge is 2.37. The number of para-hydroxylation sites is 1. The van der Waals surface area contributed by atoms with Crippen LogP contribution in [0.2, 0.25) is 5.02 Å². The maximum absolute atomic E-state index is 13.1. The molecule has 2 aromatic carbocycles. The summed E-state index contributed by atoms with van der Waals surface area (Å²) in [4.78, 5) is 16.1. The van der Waals surface area contributed by atoms with E-state index in [0.29, 0.717) is 28.5 Å². The highest BCUT2D eigenvalue weighted by Crippen LogP contribution is 2.40. The predicted octanol–water partition coefficient (Wildman–Crippen LogP) is 3.43. The summed E-state index contributed by atoms with van der Waals surface area (Å²) in [6.07, 6.45) is -1.27. The van der Waals surface area contributed by atoms with Gasteiger partial charge in [0.05, 0.1) is 16.3 Å². The largest absolute Gasteiger partial charge is 0.507 e. The molecule has 1 atom stereocenters. The number of fused-ring (bicyclic) bond motifs is 1. The van der Waals surface area contributed by atoms with Gasteiger partial charge in [-0.15, -0.1) is 0 Å². The van der Waals surface area contributed by atoms with Crippen LogP contribution in [0.5, 0.6) is 0 Å². The van der Waals surface area contributed by atoms with Crippen molar-refractivity contribution in [2.45, 2.75) is 13.2 Å². The second-order valence-corrected chi connectivity index (χ2v) is 6.17. The lowest BCUT2D eigenvalue weighted by Gasteiger charge is -2.35. The molecule has 0 saturated carbocycles. The van der Waals surface area contributed by atoms with Gasteiger partial charge in [0.2, 0.25) is 0 Å². The van der Waals surface area contributed by atoms with Crippen LogP contribution >= 0.6 is 11.6 Å². The molecule has 1 aliphatic heterocycles. The van der Waals surface area contributed by atoms with Crippen molar-refractivity contribution in [2.24, 2.45) is 0 Å². The van der Waals surface area contributed by atoms with Crippen molar-refractivity contribution in [1.82, 2.24) is 0 Å². The monoisotopic (exact) mass is 358 g/mol. The Morgan fingerprint density at radius 3 is 2.52 bits per heavy atom. The third-order valence-electron chi connectivity index (χ3n) is 4.35. The molecule has 0 aromatic heterocycles. The molecule has 25 heavy (non-hydrogen) atoms. The molecular formula is C19H19ClN2O3. The minimum Gasteiger partial charge on any atom is -0.507 e. The average molecular weight is 359 g/mol. The van der Waals surface area contributed by atoms with Crippen molar-refractivity contribution in [3.63, 3.8) is 0 Å². The Bertz CT molecular complexity index is 836. The highest BCUT2D eigenvalue weighted by molar-refractivity contribution is 6.33. The minimum atomic E-state index is -1.27. The van der Waals surface area contributed by atoms with E-state index in [1.54, 1.807) is 37.4 Å². The quantitative estimate of drug-likeness (QED) is 0.882. The van der Waals surface area contributed by atoms with E-state index in [1.165, 1.54) is 9.80 Å². The first-order valence-electron chi connectivity index (χ1n) is 7.97. The molecule has 0 aliphatic carbocycles. The number of carbonyl (C=O) groups excluding carboxylic acids is 1. The number of amides is 1. The number of nitrogens with zero attached hydrogens (tertiary/aromatic N) is 2. The second kappa shape index (κ2) is 6.78. The Hall–Kier alpha value is -2.50. The first-order chi connectivity index (χ1) is 12.0. The summed E-state index contributed by atoms with van der Waals surface area (Å²) in [7, 11) is 1.65. The molecule has 1 amide bonds. The van der Waals surface area contributed by atoms with Crippen LogP contribution in [0.15, 0.2) is 54.1 Å². The summed E-state index contributed by atoms with van der Waals surface area (Å²) in [5, 5.41) is 21.7. The van der Waals surface area contributed by atoms with Gasteiger partial charge in [0.1, 0.15) is 11.3 Å². The normalized spacial score (nSPS) is 16.6. The van der Waals surface area contributed by atoms with Gasteiger partial charge < -0.3 is 20.0 Å². The highest BCUT2D eigenvalue weighted by atomic mass is 35.5. The van der Waals surface area contributed by atoms with Gasteiger partial charge in [-0.1, -0.05) is 35.9 Å². The van der Waals surface area contributed by atoms with Crippen molar-refractivity contribution < 1.29 is 15.0 Å². The van der Waals surface area contributed by atoms with Crippen LogP contribution in [-0.4, -0.2) is 35.9 Å². The van der Waals surface area contributed by atoms with Gasteiger partial charge in [0.15, 0.2) is 6.23 Å². The van der Waals surface area contributed by atoms with Crippen LogP contribution in [-0.2, 0) is 4.79 Å². The molecule has 2 N–H and O–H groups in total. The zero-order valence-electron chi connectivity index (χ0n) is 14.0. The van der Waals surface area contributed by atoms with E-state index >= 15 is 0 Å². The van der Waals surface area contributed by atoms with E-state index in [1.807, 2.05) is 25.1 Å². The number of hydrogen-bond donors (Lipinski definition) is 2. The molecule has 2 aromatic rings. The number of benzene rings is 2. The molecule has 0 bridgehead atoms. The van der Waals surface area contributed by atoms with Crippen molar-refractivity contribution >= 4 is 34.6 Å². The smallest absolute Gasteiger partial charge is 0.262 e. The van der Waals surface area contributed by atoms with Crippen molar-refractivity contribution in [1.29, 1.82) is 0 Å². The Labute approximate surface area is 151 Å². The summed E-state index contributed by atoms with van der Waals surface area (Å²) in [6.45, 7) is 2.23. The molecular weight excluding hydrogens is 340 g/mol. The lowest BCUT2D eigenvalue weighted by atomic mass is 9.98. The molecule has 130 valence electrons. The zero-order chi connectivity index (χ0) is 18.1. The first-order valence-corrected chi connectivity index (χ1v) is 8.35. The van der Waals surface area contributed by atoms with Crippen LogP contribution in [0.1, 0.15) is 12.5 Å². The minimum absolute atomic E-state index is 0.0891. The molecule has 6 heteroatoms. The summed E-state index contributed by atoms with van der Waals surface area (Å²) in [5.74, 6) is -0.748.